The molecule has 23 heavy (non-hydrogen) atoms. The van der Waals surface area contributed by atoms with Crippen molar-refractivity contribution in [3.05, 3.63) is 63.6 Å². The lowest BCUT2D eigenvalue weighted by Gasteiger charge is -2.28. The maximum atomic E-state index is 12.4. The predicted octanol–water partition coefficient (Wildman–Crippen LogP) is 0.994. The predicted molar refractivity (Wildman–Crippen MR) is 85.2 cm³/mol. The topological polar surface area (TPSA) is 64.4 Å². The number of rotatable bonds is 3. The largest absolute Gasteiger partial charge is 0.371 e. The third-order valence-corrected chi connectivity index (χ3v) is 4.04. The fourth-order valence-electron chi connectivity index (χ4n) is 2.73. The van der Waals surface area contributed by atoms with E-state index in [1.54, 1.807) is 11.9 Å². The molecular formula is C17H19N3O3. The molecule has 0 saturated carbocycles. The van der Waals surface area contributed by atoms with Gasteiger partial charge < -0.3 is 9.64 Å². The first-order valence-corrected chi connectivity index (χ1v) is 7.53. The van der Waals surface area contributed by atoms with Gasteiger partial charge in [-0.05, 0) is 17.2 Å². The highest BCUT2D eigenvalue weighted by molar-refractivity contribution is 5.91. The van der Waals surface area contributed by atoms with Crippen molar-refractivity contribution in [1.29, 1.82) is 0 Å². The first kappa shape index (κ1) is 15.4. The van der Waals surface area contributed by atoms with E-state index in [9.17, 15) is 9.59 Å². The minimum atomic E-state index is -0.239. The van der Waals surface area contributed by atoms with Crippen LogP contribution in [-0.4, -0.2) is 40.3 Å². The third-order valence-electron chi connectivity index (χ3n) is 4.04. The molecule has 120 valence electrons. The average molecular weight is 313 g/mol. The second kappa shape index (κ2) is 6.34. The van der Waals surface area contributed by atoms with E-state index < -0.39 is 0 Å². The quantitative estimate of drug-likeness (QED) is 0.848. The highest BCUT2D eigenvalue weighted by Crippen LogP contribution is 2.20. The van der Waals surface area contributed by atoms with Crippen LogP contribution in [0.5, 0.6) is 0 Å². The van der Waals surface area contributed by atoms with Gasteiger partial charge in [-0.3, -0.25) is 9.59 Å². The van der Waals surface area contributed by atoms with Crippen molar-refractivity contribution >= 4 is 5.91 Å². The summed E-state index contributed by atoms with van der Waals surface area (Å²) >= 11 is 0. The van der Waals surface area contributed by atoms with E-state index in [0.29, 0.717) is 13.2 Å². The number of likely N-dealkylation sites (N-methyl/N-ethyl adjacent to an activating group) is 1. The maximum Gasteiger partial charge on any atom is 0.274 e. The number of nitrogens with zero attached hydrogens (tertiary/aromatic N) is 3. The molecule has 6 heteroatoms. The van der Waals surface area contributed by atoms with E-state index in [4.69, 9.17) is 4.74 Å². The third kappa shape index (κ3) is 3.32. The van der Waals surface area contributed by atoms with Gasteiger partial charge in [0.2, 0.25) is 0 Å². The van der Waals surface area contributed by atoms with Crippen molar-refractivity contribution in [1.82, 2.24) is 14.7 Å². The molecule has 6 nitrogen and oxygen atoms in total. The molecule has 1 aliphatic rings. The van der Waals surface area contributed by atoms with Gasteiger partial charge in [0.1, 0.15) is 5.69 Å². The van der Waals surface area contributed by atoms with Gasteiger partial charge in [-0.15, -0.1) is 0 Å². The summed E-state index contributed by atoms with van der Waals surface area (Å²) in [5.41, 5.74) is 2.49. The van der Waals surface area contributed by atoms with Gasteiger partial charge in [0, 0.05) is 33.1 Å². The highest BCUT2D eigenvalue weighted by Gasteiger charge is 2.23. The molecule has 3 rings (SSSR count). The molecule has 1 aliphatic heterocycles. The Morgan fingerprint density at radius 2 is 2.04 bits per heavy atom. The second-order valence-electron chi connectivity index (χ2n) is 5.77. The normalized spacial score (nSPS) is 16.7. The first-order valence-electron chi connectivity index (χ1n) is 7.53. The Morgan fingerprint density at radius 1 is 1.30 bits per heavy atom. The lowest BCUT2D eigenvalue weighted by molar-refractivity contribution is 0.00967. The summed E-state index contributed by atoms with van der Waals surface area (Å²) in [5.74, 6) is -0.219. The van der Waals surface area contributed by atoms with E-state index in [0.717, 1.165) is 11.1 Å². The summed E-state index contributed by atoms with van der Waals surface area (Å²) < 4.78 is 7.00. The molecular weight excluding hydrogens is 294 g/mol. The number of ether oxygens (including phenoxy) is 1. The molecule has 2 aromatic rings. The van der Waals surface area contributed by atoms with E-state index in [2.05, 4.69) is 17.2 Å². The van der Waals surface area contributed by atoms with Crippen LogP contribution in [0.1, 0.15) is 21.6 Å². The maximum absolute atomic E-state index is 12.4. The Labute approximate surface area is 134 Å². The Morgan fingerprint density at radius 3 is 2.78 bits per heavy atom. The van der Waals surface area contributed by atoms with Crippen LogP contribution in [0.25, 0.3) is 0 Å². The Kier molecular flexibility index (Phi) is 4.25. The van der Waals surface area contributed by atoms with Crippen molar-refractivity contribution in [2.24, 2.45) is 7.05 Å². The van der Waals surface area contributed by atoms with Crippen molar-refractivity contribution in [3.8, 4) is 0 Å². The number of carbonyl (C=O) groups is 1. The van der Waals surface area contributed by atoms with Crippen molar-refractivity contribution in [3.63, 3.8) is 0 Å². The fraction of sp³-hybridized carbons (Fsp3) is 0.353. The monoisotopic (exact) mass is 313 g/mol. The van der Waals surface area contributed by atoms with Crippen LogP contribution >= 0.6 is 0 Å². The summed E-state index contributed by atoms with van der Waals surface area (Å²) in [7, 11) is 3.25. The lowest BCUT2D eigenvalue weighted by Crippen LogP contribution is -2.39. The van der Waals surface area contributed by atoms with Crippen molar-refractivity contribution in [2.75, 3.05) is 13.6 Å². The number of carbonyl (C=O) groups excluding carboxylic acids is 1. The van der Waals surface area contributed by atoms with Crippen molar-refractivity contribution < 1.29 is 9.53 Å². The molecule has 0 spiro atoms. The molecule has 0 radical (unpaired) electrons. The van der Waals surface area contributed by atoms with E-state index in [1.165, 1.54) is 30.3 Å². The van der Waals surface area contributed by atoms with Gasteiger partial charge in [-0.1, -0.05) is 24.3 Å². The molecule has 0 unspecified atom stereocenters. The summed E-state index contributed by atoms with van der Waals surface area (Å²) in [6.07, 6.45) is 0.750. The first-order chi connectivity index (χ1) is 11.0. The number of hydrogen-bond acceptors (Lipinski definition) is 4. The second-order valence-corrected chi connectivity index (χ2v) is 5.77. The van der Waals surface area contributed by atoms with Gasteiger partial charge in [0.05, 0.1) is 12.7 Å². The van der Waals surface area contributed by atoms with E-state index >= 15 is 0 Å². The Balaban J connectivity index is 1.67. The van der Waals surface area contributed by atoms with Gasteiger partial charge in [-0.2, -0.15) is 5.10 Å². The molecule has 0 aliphatic carbocycles. The molecule has 1 aromatic heterocycles. The lowest BCUT2D eigenvalue weighted by atomic mass is 9.99. The number of aryl methyl sites for hydroxylation is 1. The fourth-order valence-corrected chi connectivity index (χ4v) is 2.73. The number of fused-ring (bicyclic) bond motifs is 1. The van der Waals surface area contributed by atoms with Crippen molar-refractivity contribution in [2.45, 2.75) is 19.1 Å². The summed E-state index contributed by atoms with van der Waals surface area (Å²) in [6.45, 7) is 1.05. The number of benzene rings is 1. The van der Waals surface area contributed by atoms with Crippen LogP contribution in [0.15, 0.2) is 41.2 Å². The molecule has 1 amide bonds. The molecule has 0 N–H and O–H groups in total. The molecule has 1 aromatic carbocycles. The van der Waals surface area contributed by atoms with Crippen LogP contribution in [0.3, 0.4) is 0 Å². The molecule has 0 bridgehead atoms. The zero-order valence-corrected chi connectivity index (χ0v) is 13.2. The Hall–Kier alpha value is -2.47. The SMILES string of the molecule is CN(C[C@@H]1Cc2ccccc2CO1)C(=O)c1ccc(=O)n(C)n1. The number of hydrogen-bond donors (Lipinski definition) is 0. The zero-order chi connectivity index (χ0) is 16.4. The molecule has 1 atom stereocenters. The molecule has 0 saturated heterocycles. The van der Waals surface area contributed by atoms with Gasteiger partial charge >= 0.3 is 0 Å². The van der Waals surface area contributed by atoms with Crippen LogP contribution < -0.4 is 5.56 Å². The van der Waals surface area contributed by atoms with E-state index in [1.807, 2.05) is 12.1 Å². The standard InChI is InChI=1S/C17H19N3O3/c1-19(17(22)15-7-8-16(21)20(2)18-15)10-14-9-12-5-3-4-6-13(12)11-23-14/h3-8,14H,9-11H2,1-2H3/t14-/m0/s1. The zero-order valence-electron chi connectivity index (χ0n) is 13.2. The summed E-state index contributed by atoms with van der Waals surface area (Å²) in [4.78, 5) is 25.4. The Bertz CT molecular complexity index is 785. The minimum Gasteiger partial charge on any atom is -0.371 e. The van der Waals surface area contributed by atoms with Crippen LogP contribution in [0, 0.1) is 0 Å². The van der Waals surface area contributed by atoms with Gasteiger partial charge in [-0.25, -0.2) is 4.68 Å². The molecule has 0 fully saturated rings. The van der Waals surface area contributed by atoms with Gasteiger partial charge in [0.25, 0.3) is 11.5 Å². The molecule has 2 heterocycles. The number of amides is 1. The average Bonchev–Trinajstić information content (AvgIpc) is 2.56. The highest BCUT2D eigenvalue weighted by atomic mass is 16.5. The minimum absolute atomic E-state index is 0.0358. The van der Waals surface area contributed by atoms with Gasteiger partial charge in [0.15, 0.2) is 0 Å². The van der Waals surface area contributed by atoms with Crippen LogP contribution in [0.2, 0.25) is 0 Å². The summed E-state index contributed by atoms with van der Waals surface area (Å²) in [5, 5.41) is 3.99. The van der Waals surface area contributed by atoms with Crippen LogP contribution in [0.4, 0.5) is 0 Å². The smallest absolute Gasteiger partial charge is 0.274 e. The van der Waals surface area contributed by atoms with Crippen LogP contribution in [-0.2, 0) is 24.8 Å². The number of aromatic nitrogens is 2. The summed E-state index contributed by atoms with van der Waals surface area (Å²) in [6, 6.07) is 11.0. The van der Waals surface area contributed by atoms with E-state index in [-0.39, 0.29) is 23.3 Å².